The van der Waals surface area contributed by atoms with Crippen LogP contribution in [0.1, 0.15) is 19.9 Å². The molecule has 1 aromatic heterocycles. The van der Waals surface area contributed by atoms with Crippen LogP contribution < -0.4 is 10.5 Å². The van der Waals surface area contributed by atoms with Crippen molar-refractivity contribution in [1.82, 2.24) is 19.4 Å². The zero-order valence-electron chi connectivity index (χ0n) is 17.2. The summed E-state index contributed by atoms with van der Waals surface area (Å²) in [5, 5.41) is 0.666. The highest BCUT2D eigenvalue weighted by Crippen LogP contribution is 2.21. The van der Waals surface area contributed by atoms with Crippen molar-refractivity contribution in [2.45, 2.75) is 19.9 Å². The molecule has 156 valence electrons. The van der Waals surface area contributed by atoms with Crippen LogP contribution in [0.3, 0.4) is 0 Å². The number of carbonyl (C=O) groups is 1. The van der Waals surface area contributed by atoms with Crippen LogP contribution in [-0.2, 0) is 9.53 Å². The topological polar surface area (TPSA) is 70.9 Å². The molecule has 0 spiro atoms. The van der Waals surface area contributed by atoms with Crippen molar-refractivity contribution >= 4 is 22.5 Å². The third-order valence-electron chi connectivity index (χ3n) is 5.83. The second kappa shape index (κ2) is 8.51. The van der Waals surface area contributed by atoms with Crippen molar-refractivity contribution in [3.8, 4) is 0 Å². The van der Waals surface area contributed by atoms with Crippen LogP contribution in [-0.4, -0.2) is 84.3 Å². The number of benzene rings is 1. The summed E-state index contributed by atoms with van der Waals surface area (Å²) in [6.45, 7) is 10.9. The Morgan fingerprint density at radius 1 is 1.07 bits per heavy atom. The van der Waals surface area contributed by atoms with Gasteiger partial charge in [-0.1, -0.05) is 0 Å². The van der Waals surface area contributed by atoms with E-state index in [0.29, 0.717) is 18.5 Å². The van der Waals surface area contributed by atoms with Crippen molar-refractivity contribution in [2.24, 2.45) is 0 Å². The summed E-state index contributed by atoms with van der Waals surface area (Å²) < 4.78 is 6.85. The first kappa shape index (κ1) is 19.8. The maximum atomic E-state index is 12.6. The summed E-state index contributed by atoms with van der Waals surface area (Å²) in [6.07, 6.45) is 1.64. The number of fused-ring (bicyclic) bond motifs is 1. The van der Waals surface area contributed by atoms with Gasteiger partial charge in [-0.25, -0.2) is 4.98 Å². The minimum absolute atomic E-state index is 0.0130. The van der Waals surface area contributed by atoms with E-state index in [1.165, 1.54) is 0 Å². The number of aromatic nitrogens is 2. The van der Waals surface area contributed by atoms with Crippen LogP contribution in [0.25, 0.3) is 10.9 Å². The van der Waals surface area contributed by atoms with Crippen LogP contribution >= 0.6 is 0 Å². The van der Waals surface area contributed by atoms with Crippen LogP contribution in [0.4, 0.5) is 5.69 Å². The van der Waals surface area contributed by atoms with E-state index in [4.69, 9.17) is 4.74 Å². The number of morpholine rings is 1. The number of hydrogen-bond acceptors (Lipinski definition) is 6. The average molecular weight is 399 g/mol. The second-order valence-electron chi connectivity index (χ2n) is 8.01. The highest BCUT2D eigenvalue weighted by Gasteiger charge is 2.22. The maximum absolute atomic E-state index is 12.6. The fourth-order valence-corrected chi connectivity index (χ4v) is 3.97. The summed E-state index contributed by atoms with van der Waals surface area (Å²) in [5.74, 6) is 0.0927. The van der Waals surface area contributed by atoms with E-state index in [9.17, 15) is 9.59 Å². The molecule has 8 nitrogen and oxygen atoms in total. The lowest BCUT2D eigenvalue weighted by atomic mass is 10.2. The maximum Gasteiger partial charge on any atom is 0.261 e. The van der Waals surface area contributed by atoms with E-state index in [2.05, 4.69) is 14.8 Å². The molecule has 2 saturated heterocycles. The van der Waals surface area contributed by atoms with Gasteiger partial charge in [-0.15, -0.1) is 0 Å². The second-order valence-corrected chi connectivity index (χ2v) is 8.01. The van der Waals surface area contributed by atoms with Gasteiger partial charge < -0.3 is 14.5 Å². The van der Waals surface area contributed by atoms with E-state index in [1.54, 1.807) is 10.9 Å². The zero-order chi connectivity index (χ0) is 20.4. The molecular formula is C21H29N5O3. The van der Waals surface area contributed by atoms with Gasteiger partial charge in [0.1, 0.15) is 6.61 Å². The number of anilines is 1. The van der Waals surface area contributed by atoms with Gasteiger partial charge in [-0.3, -0.25) is 19.1 Å². The van der Waals surface area contributed by atoms with Crippen molar-refractivity contribution in [2.75, 3.05) is 63.9 Å². The highest BCUT2D eigenvalue weighted by atomic mass is 16.5. The number of piperazine rings is 1. The van der Waals surface area contributed by atoms with Gasteiger partial charge >= 0.3 is 0 Å². The van der Waals surface area contributed by atoms with Crippen molar-refractivity contribution in [3.05, 3.63) is 34.9 Å². The molecule has 0 unspecified atom stereocenters. The number of nitrogens with zero attached hydrogens (tertiary/aromatic N) is 5. The van der Waals surface area contributed by atoms with Gasteiger partial charge in [-0.2, -0.15) is 0 Å². The molecule has 2 aliphatic rings. The number of amides is 1. The molecular weight excluding hydrogens is 370 g/mol. The van der Waals surface area contributed by atoms with E-state index >= 15 is 0 Å². The quantitative estimate of drug-likeness (QED) is 0.746. The Morgan fingerprint density at radius 2 is 1.86 bits per heavy atom. The average Bonchev–Trinajstić information content (AvgIpc) is 2.73. The molecule has 1 amide bonds. The molecule has 2 fully saturated rings. The Bertz CT molecular complexity index is 934. The molecule has 29 heavy (non-hydrogen) atoms. The molecule has 2 aromatic rings. The van der Waals surface area contributed by atoms with E-state index in [1.807, 2.05) is 36.9 Å². The Morgan fingerprint density at radius 3 is 2.59 bits per heavy atom. The minimum Gasteiger partial charge on any atom is -0.370 e. The predicted octanol–water partition coefficient (Wildman–Crippen LogP) is 0.958. The zero-order valence-corrected chi connectivity index (χ0v) is 17.2. The molecule has 0 N–H and O–H groups in total. The SMILES string of the molecule is CC(C)n1cnc2cc(N3CCN(CCN4CCOCC4=O)CC3)ccc2c1=O. The highest BCUT2D eigenvalue weighted by molar-refractivity contribution is 5.81. The molecule has 3 heterocycles. The first-order valence-electron chi connectivity index (χ1n) is 10.4. The number of hydrogen-bond donors (Lipinski definition) is 0. The largest absolute Gasteiger partial charge is 0.370 e. The number of carbonyl (C=O) groups excluding carboxylic acids is 1. The normalized spacial score (nSPS) is 18.8. The van der Waals surface area contributed by atoms with Gasteiger partial charge in [0.05, 0.1) is 23.8 Å². The van der Waals surface area contributed by atoms with Crippen LogP contribution in [0.15, 0.2) is 29.3 Å². The first-order chi connectivity index (χ1) is 14.0. The Hall–Kier alpha value is -2.45. The lowest BCUT2D eigenvalue weighted by Crippen LogP contribution is -2.50. The Kier molecular flexibility index (Phi) is 5.82. The lowest BCUT2D eigenvalue weighted by Gasteiger charge is -2.37. The molecule has 0 aliphatic carbocycles. The molecule has 0 saturated carbocycles. The predicted molar refractivity (Wildman–Crippen MR) is 112 cm³/mol. The summed E-state index contributed by atoms with van der Waals surface area (Å²) in [5.41, 5.74) is 1.87. The number of rotatable bonds is 5. The van der Waals surface area contributed by atoms with E-state index in [0.717, 1.165) is 50.5 Å². The van der Waals surface area contributed by atoms with Gasteiger partial charge in [0.2, 0.25) is 5.91 Å². The first-order valence-corrected chi connectivity index (χ1v) is 10.4. The van der Waals surface area contributed by atoms with Crippen LogP contribution in [0, 0.1) is 0 Å². The molecule has 8 heteroatoms. The van der Waals surface area contributed by atoms with Crippen molar-refractivity contribution in [3.63, 3.8) is 0 Å². The van der Waals surface area contributed by atoms with Crippen molar-refractivity contribution < 1.29 is 9.53 Å². The third-order valence-corrected chi connectivity index (χ3v) is 5.83. The van der Waals surface area contributed by atoms with Gasteiger partial charge in [0.25, 0.3) is 5.56 Å². The lowest BCUT2D eigenvalue weighted by molar-refractivity contribution is -0.142. The van der Waals surface area contributed by atoms with Crippen LogP contribution in [0.5, 0.6) is 0 Å². The fraction of sp³-hybridized carbons (Fsp3) is 0.571. The van der Waals surface area contributed by atoms with E-state index in [-0.39, 0.29) is 24.1 Å². The molecule has 4 rings (SSSR count). The standard InChI is InChI=1S/C21H29N5O3/c1-16(2)26-15-22-19-13-17(3-4-18(19)21(26)28)24-8-5-23(6-9-24)7-10-25-11-12-29-14-20(25)27/h3-4,13,15-16H,5-12,14H2,1-2H3. The Balaban J connectivity index is 1.37. The molecule has 0 radical (unpaired) electrons. The summed E-state index contributed by atoms with van der Waals surface area (Å²) >= 11 is 0. The third kappa shape index (κ3) is 4.28. The minimum atomic E-state index is 0.0130. The molecule has 1 aromatic carbocycles. The molecule has 0 bridgehead atoms. The summed E-state index contributed by atoms with van der Waals surface area (Å²) in [7, 11) is 0. The van der Waals surface area contributed by atoms with Crippen molar-refractivity contribution in [1.29, 1.82) is 0 Å². The smallest absolute Gasteiger partial charge is 0.261 e. The Labute approximate surface area is 170 Å². The van der Waals surface area contributed by atoms with Gasteiger partial charge in [0, 0.05) is 57.5 Å². The fourth-order valence-electron chi connectivity index (χ4n) is 3.97. The van der Waals surface area contributed by atoms with Crippen LogP contribution in [0.2, 0.25) is 0 Å². The monoisotopic (exact) mass is 399 g/mol. The summed E-state index contributed by atoms with van der Waals surface area (Å²) in [4.78, 5) is 35.6. The van der Waals surface area contributed by atoms with E-state index < -0.39 is 0 Å². The van der Waals surface area contributed by atoms with Gasteiger partial charge in [0.15, 0.2) is 0 Å². The van der Waals surface area contributed by atoms with Gasteiger partial charge in [-0.05, 0) is 32.0 Å². The molecule has 0 atom stereocenters. The number of ether oxygens (including phenoxy) is 1. The molecule has 2 aliphatic heterocycles. The summed E-state index contributed by atoms with van der Waals surface area (Å²) in [6, 6.07) is 6.04.